The van der Waals surface area contributed by atoms with E-state index >= 15 is 0 Å². The molecule has 1 fully saturated rings. The lowest BCUT2D eigenvalue weighted by Crippen LogP contribution is -2.48. The highest BCUT2D eigenvalue weighted by Gasteiger charge is 2.34. The predicted octanol–water partition coefficient (Wildman–Crippen LogP) is 0.215. The van der Waals surface area contributed by atoms with E-state index in [9.17, 15) is 13.5 Å². The molecule has 1 rings (SSSR count). The maximum atomic E-state index is 12.0. The topological polar surface area (TPSA) is 76.1 Å². The van der Waals surface area contributed by atoms with E-state index in [1.807, 2.05) is 13.8 Å². The fourth-order valence-corrected chi connectivity index (χ4v) is 3.02. The number of likely N-dealkylation sites (N-methyl/N-ethyl adjacent to an activating group) is 1. The van der Waals surface area contributed by atoms with Crippen LogP contribution in [0.1, 0.15) is 26.7 Å². The molecule has 1 aliphatic heterocycles. The summed E-state index contributed by atoms with van der Waals surface area (Å²) >= 11 is 0. The van der Waals surface area contributed by atoms with E-state index in [-0.39, 0.29) is 25.0 Å². The lowest BCUT2D eigenvalue weighted by atomic mass is 9.95. The van der Waals surface area contributed by atoms with Crippen LogP contribution in [0, 0.1) is 0 Å². The minimum absolute atomic E-state index is 0.0141. The molecule has 0 aromatic heterocycles. The van der Waals surface area contributed by atoms with Crippen LogP contribution in [-0.2, 0) is 19.5 Å². The van der Waals surface area contributed by atoms with Crippen LogP contribution in [0.3, 0.4) is 0 Å². The smallest absolute Gasteiger partial charge is 0.216 e. The van der Waals surface area contributed by atoms with E-state index in [4.69, 9.17) is 9.47 Å². The molecular weight excluding hydrogens is 270 g/mol. The highest BCUT2D eigenvalue weighted by Crippen LogP contribution is 2.22. The molecule has 114 valence electrons. The number of sulfonamides is 1. The third-order valence-corrected chi connectivity index (χ3v) is 4.97. The molecular formula is C12H25NO5S. The van der Waals surface area contributed by atoms with Gasteiger partial charge in [0.15, 0.2) is 0 Å². The Kier molecular flexibility index (Phi) is 6.19. The molecule has 0 unspecified atom stereocenters. The SMILES string of the molecule is CC(C)OCCS(=O)(=O)N(C)CC1(O)CCOCC1. The molecule has 6 nitrogen and oxygen atoms in total. The van der Waals surface area contributed by atoms with E-state index in [2.05, 4.69) is 0 Å². The van der Waals surface area contributed by atoms with Gasteiger partial charge in [-0.3, -0.25) is 0 Å². The first-order valence-electron chi connectivity index (χ1n) is 6.61. The van der Waals surface area contributed by atoms with Gasteiger partial charge in [0.25, 0.3) is 0 Å². The van der Waals surface area contributed by atoms with Crippen molar-refractivity contribution in [3.05, 3.63) is 0 Å². The first kappa shape index (κ1) is 16.8. The molecule has 1 aliphatic rings. The molecule has 0 bridgehead atoms. The van der Waals surface area contributed by atoms with Crippen LogP contribution < -0.4 is 0 Å². The zero-order chi connectivity index (χ0) is 14.5. The number of aliphatic hydroxyl groups is 1. The Labute approximate surface area is 115 Å². The Morgan fingerprint density at radius 3 is 2.47 bits per heavy atom. The minimum atomic E-state index is -3.39. The molecule has 0 saturated carbocycles. The Morgan fingerprint density at radius 2 is 1.95 bits per heavy atom. The van der Waals surface area contributed by atoms with E-state index < -0.39 is 15.6 Å². The average Bonchev–Trinajstić information content (AvgIpc) is 2.28. The van der Waals surface area contributed by atoms with Crippen molar-refractivity contribution in [3.8, 4) is 0 Å². The molecule has 0 aromatic rings. The standard InChI is InChI=1S/C12H25NO5S/c1-11(2)18-8-9-19(15,16)13(3)10-12(14)4-6-17-7-5-12/h11,14H,4-10H2,1-3H3. The summed E-state index contributed by atoms with van der Waals surface area (Å²) in [5.74, 6) is -0.0613. The Morgan fingerprint density at radius 1 is 1.37 bits per heavy atom. The molecule has 0 amide bonds. The highest BCUT2D eigenvalue weighted by molar-refractivity contribution is 7.89. The van der Waals surface area contributed by atoms with Gasteiger partial charge in [-0.25, -0.2) is 12.7 Å². The van der Waals surface area contributed by atoms with Gasteiger partial charge in [0.05, 0.1) is 24.1 Å². The van der Waals surface area contributed by atoms with E-state index in [1.165, 1.54) is 11.4 Å². The van der Waals surface area contributed by atoms with Crippen LogP contribution in [0.5, 0.6) is 0 Å². The van der Waals surface area contributed by atoms with Gasteiger partial charge in [-0.15, -0.1) is 0 Å². The second kappa shape index (κ2) is 6.99. The number of hydrogen-bond acceptors (Lipinski definition) is 5. The quantitative estimate of drug-likeness (QED) is 0.727. The van der Waals surface area contributed by atoms with Gasteiger partial charge in [-0.1, -0.05) is 0 Å². The van der Waals surface area contributed by atoms with Crippen molar-refractivity contribution in [2.75, 3.05) is 39.2 Å². The highest BCUT2D eigenvalue weighted by atomic mass is 32.2. The van der Waals surface area contributed by atoms with E-state index in [1.54, 1.807) is 0 Å². The summed E-state index contributed by atoms with van der Waals surface area (Å²) in [5.41, 5.74) is -0.973. The van der Waals surface area contributed by atoms with Gasteiger partial charge >= 0.3 is 0 Å². The summed E-state index contributed by atoms with van der Waals surface area (Å²) in [6.45, 7) is 4.95. The number of hydrogen-bond donors (Lipinski definition) is 1. The van der Waals surface area contributed by atoms with E-state index in [0.29, 0.717) is 26.1 Å². The van der Waals surface area contributed by atoms with Gasteiger partial charge in [0, 0.05) is 39.6 Å². The third-order valence-electron chi connectivity index (χ3n) is 3.21. The van der Waals surface area contributed by atoms with Crippen molar-refractivity contribution in [2.24, 2.45) is 0 Å². The van der Waals surface area contributed by atoms with Crippen LogP contribution in [0.4, 0.5) is 0 Å². The van der Waals surface area contributed by atoms with Crippen LogP contribution in [0.15, 0.2) is 0 Å². The summed E-state index contributed by atoms with van der Waals surface area (Å²) < 4.78 is 35.7. The Bertz CT molecular complexity index is 362. The lowest BCUT2D eigenvalue weighted by molar-refractivity contribution is -0.0690. The first-order chi connectivity index (χ1) is 8.75. The van der Waals surface area contributed by atoms with Crippen molar-refractivity contribution in [1.29, 1.82) is 0 Å². The number of ether oxygens (including phenoxy) is 2. The van der Waals surface area contributed by atoms with Crippen molar-refractivity contribution >= 4 is 10.0 Å². The largest absolute Gasteiger partial charge is 0.388 e. The molecule has 1 saturated heterocycles. The summed E-state index contributed by atoms with van der Waals surface area (Å²) in [7, 11) is -1.89. The molecule has 7 heteroatoms. The van der Waals surface area contributed by atoms with Crippen molar-refractivity contribution < 1.29 is 23.0 Å². The van der Waals surface area contributed by atoms with Gasteiger partial charge in [0.1, 0.15) is 0 Å². The summed E-state index contributed by atoms with van der Waals surface area (Å²) in [6.07, 6.45) is 0.949. The van der Waals surface area contributed by atoms with Gasteiger partial charge in [0.2, 0.25) is 10.0 Å². The van der Waals surface area contributed by atoms with Crippen molar-refractivity contribution in [2.45, 2.75) is 38.4 Å². The van der Waals surface area contributed by atoms with Crippen LogP contribution in [0.2, 0.25) is 0 Å². The second-order valence-corrected chi connectivity index (χ2v) is 7.52. The molecule has 0 aromatic carbocycles. The van der Waals surface area contributed by atoms with Gasteiger partial charge in [-0.05, 0) is 13.8 Å². The maximum absolute atomic E-state index is 12.0. The summed E-state index contributed by atoms with van der Waals surface area (Å²) in [6, 6.07) is 0. The Hall–Kier alpha value is -0.210. The van der Waals surface area contributed by atoms with Crippen molar-refractivity contribution in [1.82, 2.24) is 4.31 Å². The summed E-state index contributed by atoms with van der Waals surface area (Å²) in [4.78, 5) is 0. The fraction of sp³-hybridized carbons (Fsp3) is 1.00. The molecule has 0 atom stereocenters. The van der Waals surface area contributed by atoms with Crippen LogP contribution >= 0.6 is 0 Å². The molecule has 0 spiro atoms. The molecule has 19 heavy (non-hydrogen) atoms. The molecule has 0 radical (unpaired) electrons. The Balaban J connectivity index is 2.48. The average molecular weight is 295 g/mol. The minimum Gasteiger partial charge on any atom is -0.388 e. The lowest BCUT2D eigenvalue weighted by Gasteiger charge is -2.35. The first-order valence-corrected chi connectivity index (χ1v) is 8.22. The number of nitrogens with zero attached hydrogens (tertiary/aromatic N) is 1. The molecule has 0 aliphatic carbocycles. The zero-order valence-electron chi connectivity index (χ0n) is 12.0. The molecule has 1 heterocycles. The third kappa shape index (κ3) is 5.74. The van der Waals surface area contributed by atoms with Crippen molar-refractivity contribution in [3.63, 3.8) is 0 Å². The van der Waals surface area contributed by atoms with Crippen LogP contribution in [-0.4, -0.2) is 68.7 Å². The number of rotatable bonds is 7. The summed E-state index contributed by atoms with van der Waals surface area (Å²) in [5, 5.41) is 10.3. The van der Waals surface area contributed by atoms with Gasteiger partial charge < -0.3 is 14.6 Å². The monoisotopic (exact) mass is 295 g/mol. The van der Waals surface area contributed by atoms with Gasteiger partial charge in [-0.2, -0.15) is 0 Å². The second-order valence-electron chi connectivity index (χ2n) is 5.33. The molecule has 1 N–H and O–H groups in total. The fourth-order valence-electron chi connectivity index (χ4n) is 1.97. The predicted molar refractivity (Wildman–Crippen MR) is 72.5 cm³/mol. The van der Waals surface area contributed by atoms with E-state index in [0.717, 1.165) is 0 Å². The zero-order valence-corrected chi connectivity index (χ0v) is 12.8. The normalized spacial score (nSPS) is 20.1. The van der Waals surface area contributed by atoms with Crippen LogP contribution in [0.25, 0.3) is 0 Å². The maximum Gasteiger partial charge on any atom is 0.216 e.